The van der Waals surface area contributed by atoms with Gasteiger partial charge in [-0.3, -0.25) is 4.79 Å². The van der Waals surface area contributed by atoms with Crippen LogP contribution < -0.4 is 4.74 Å². The quantitative estimate of drug-likeness (QED) is 0.695. The standard InChI is InChI=1S/C16H12FN3O2/c1-22-14-4-2-3-13(9-14)20-16(15(10-21)18-19-20)11-5-7-12(17)8-6-11/h2-10H,1H3. The normalized spacial score (nSPS) is 10.5. The van der Waals surface area contributed by atoms with E-state index >= 15 is 0 Å². The molecule has 0 amide bonds. The van der Waals surface area contributed by atoms with Crippen molar-refractivity contribution in [3.8, 4) is 22.7 Å². The van der Waals surface area contributed by atoms with Crippen LogP contribution in [-0.4, -0.2) is 28.4 Å². The number of halogens is 1. The molecule has 1 heterocycles. The number of methoxy groups -OCH3 is 1. The van der Waals surface area contributed by atoms with Crippen molar-refractivity contribution in [3.63, 3.8) is 0 Å². The summed E-state index contributed by atoms with van der Waals surface area (Å²) in [6.45, 7) is 0. The lowest BCUT2D eigenvalue weighted by molar-refractivity contribution is 0.111. The summed E-state index contributed by atoms with van der Waals surface area (Å²) in [5.74, 6) is 0.308. The Morgan fingerprint density at radius 1 is 1.18 bits per heavy atom. The average molecular weight is 297 g/mol. The molecular weight excluding hydrogens is 285 g/mol. The molecule has 110 valence electrons. The van der Waals surface area contributed by atoms with E-state index in [1.165, 1.54) is 16.8 Å². The predicted octanol–water partition coefficient (Wildman–Crippen LogP) is 2.89. The van der Waals surface area contributed by atoms with E-state index in [1.54, 1.807) is 31.4 Å². The van der Waals surface area contributed by atoms with Crippen LogP contribution in [0.2, 0.25) is 0 Å². The summed E-state index contributed by atoms with van der Waals surface area (Å²) < 4.78 is 19.8. The third-order valence-corrected chi connectivity index (χ3v) is 3.22. The number of ether oxygens (including phenoxy) is 1. The fourth-order valence-electron chi connectivity index (χ4n) is 2.17. The summed E-state index contributed by atoms with van der Waals surface area (Å²) in [4.78, 5) is 11.2. The third-order valence-electron chi connectivity index (χ3n) is 3.22. The predicted molar refractivity (Wildman–Crippen MR) is 78.7 cm³/mol. The molecule has 0 aliphatic rings. The number of hydrogen-bond acceptors (Lipinski definition) is 4. The molecule has 0 unspecified atom stereocenters. The minimum absolute atomic E-state index is 0.189. The van der Waals surface area contributed by atoms with Gasteiger partial charge in [-0.15, -0.1) is 5.10 Å². The molecule has 3 rings (SSSR count). The van der Waals surface area contributed by atoms with Crippen LogP contribution in [0.3, 0.4) is 0 Å². The SMILES string of the molecule is COc1cccc(-n2nnc(C=O)c2-c2ccc(F)cc2)c1. The molecule has 0 bridgehead atoms. The second kappa shape index (κ2) is 5.77. The van der Waals surface area contributed by atoms with Gasteiger partial charge < -0.3 is 4.74 Å². The molecule has 0 atom stereocenters. The van der Waals surface area contributed by atoms with Crippen molar-refractivity contribution >= 4 is 6.29 Å². The number of benzene rings is 2. The van der Waals surface area contributed by atoms with Gasteiger partial charge in [0, 0.05) is 11.6 Å². The number of rotatable bonds is 4. The Hall–Kier alpha value is -3.02. The van der Waals surface area contributed by atoms with Crippen LogP contribution >= 0.6 is 0 Å². The van der Waals surface area contributed by atoms with E-state index in [0.29, 0.717) is 29.0 Å². The maximum Gasteiger partial charge on any atom is 0.172 e. The molecule has 0 saturated carbocycles. The lowest BCUT2D eigenvalue weighted by atomic mass is 10.1. The first-order valence-corrected chi connectivity index (χ1v) is 6.54. The molecule has 0 radical (unpaired) electrons. The van der Waals surface area contributed by atoms with Crippen LogP contribution in [0.5, 0.6) is 5.75 Å². The second-order valence-corrected chi connectivity index (χ2v) is 4.56. The largest absolute Gasteiger partial charge is 0.497 e. The molecule has 3 aromatic rings. The molecule has 1 aromatic heterocycles. The molecular formula is C16H12FN3O2. The molecule has 6 heteroatoms. The highest BCUT2D eigenvalue weighted by Gasteiger charge is 2.16. The number of hydrogen-bond donors (Lipinski definition) is 0. The van der Waals surface area contributed by atoms with Crippen LogP contribution in [0.15, 0.2) is 48.5 Å². The Bertz CT molecular complexity index is 813. The van der Waals surface area contributed by atoms with Gasteiger partial charge in [0.25, 0.3) is 0 Å². The Morgan fingerprint density at radius 3 is 2.64 bits per heavy atom. The minimum atomic E-state index is -0.350. The van der Waals surface area contributed by atoms with Gasteiger partial charge in [-0.05, 0) is 36.4 Å². The Labute approximate surface area is 126 Å². The van der Waals surface area contributed by atoms with Gasteiger partial charge in [-0.1, -0.05) is 11.3 Å². The molecule has 0 spiro atoms. The first kappa shape index (κ1) is 13.9. The van der Waals surface area contributed by atoms with Crippen LogP contribution in [-0.2, 0) is 0 Å². The minimum Gasteiger partial charge on any atom is -0.497 e. The highest BCUT2D eigenvalue weighted by atomic mass is 19.1. The zero-order valence-electron chi connectivity index (χ0n) is 11.7. The van der Waals surface area contributed by atoms with Crippen molar-refractivity contribution in [1.29, 1.82) is 0 Å². The zero-order valence-corrected chi connectivity index (χ0v) is 11.7. The summed E-state index contributed by atoms with van der Waals surface area (Å²) in [7, 11) is 1.57. The maximum atomic E-state index is 13.1. The van der Waals surface area contributed by atoms with E-state index in [1.807, 2.05) is 12.1 Å². The average Bonchev–Trinajstić information content (AvgIpc) is 2.99. The first-order chi connectivity index (χ1) is 10.7. The molecule has 0 aliphatic heterocycles. The van der Waals surface area contributed by atoms with E-state index in [2.05, 4.69) is 10.3 Å². The van der Waals surface area contributed by atoms with Gasteiger partial charge >= 0.3 is 0 Å². The summed E-state index contributed by atoms with van der Waals surface area (Å²) >= 11 is 0. The van der Waals surface area contributed by atoms with Crippen molar-refractivity contribution in [2.75, 3.05) is 7.11 Å². The Kier molecular flexibility index (Phi) is 3.65. The highest BCUT2D eigenvalue weighted by Crippen LogP contribution is 2.26. The van der Waals surface area contributed by atoms with Crippen LogP contribution in [0, 0.1) is 5.82 Å². The van der Waals surface area contributed by atoms with E-state index < -0.39 is 0 Å². The van der Waals surface area contributed by atoms with Gasteiger partial charge in [-0.25, -0.2) is 9.07 Å². The fourth-order valence-corrected chi connectivity index (χ4v) is 2.17. The maximum absolute atomic E-state index is 13.1. The number of nitrogens with zero attached hydrogens (tertiary/aromatic N) is 3. The van der Waals surface area contributed by atoms with E-state index in [4.69, 9.17) is 4.74 Å². The molecule has 22 heavy (non-hydrogen) atoms. The number of carbonyl (C=O) groups is 1. The van der Waals surface area contributed by atoms with Gasteiger partial charge in [0.1, 0.15) is 17.3 Å². The molecule has 0 saturated heterocycles. The van der Waals surface area contributed by atoms with E-state index in [9.17, 15) is 9.18 Å². The molecule has 2 aromatic carbocycles. The van der Waals surface area contributed by atoms with Crippen molar-refractivity contribution in [1.82, 2.24) is 15.0 Å². The van der Waals surface area contributed by atoms with Crippen LogP contribution in [0.4, 0.5) is 4.39 Å². The van der Waals surface area contributed by atoms with Crippen LogP contribution in [0.1, 0.15) is 10.5 Å². The summed E-state index contributed by atoms with van der Waals surface area (Å²) in [5, 5.41) is 7.89. The molecule has 0 fully saturated rings. The highest BCUT2D eigenvalue weighted by molar-refractivity contribution is 5.84. The van der Waals surface area contributed by atoms with E-state index in [-0.39, 0.29) is 11.5 Å². The smallest absolute Gasteiger partial charge is 0.172 e. The lowest BCUT2D eigenvalue weighted by Crippen LogP contribution is -2.00. The lowest BCUT2D eigenvalue weighted by Gasteiger charge is -2.08. The Balaban J connectivity index is 2.18. The van der Waals surface area contributed by atoms with Gasteiger partial charge in [0.2, 0.25) is 0 Å². The van der Waals surface area contributed by atoms with Gasteiger partial charge in [0.05, 0.1) is 12.8 Å². The zero-order chi connectivity index (χ0) is 15.5. The number of aldehydes is 1. The Morgan fingerprint density at radius 2 is 1.95 bits per heavy atom. The van der Waals surface area contributed by atoms with Crippen molar-refractivity contribution in [2.45, 2.75) is 0 Å². The molecule has 0 aliphatic carbocycles. The molecule has 0 N–H and O–H groups in total. The number of aromatic nitrogens is 3. The topological polar surface area (TPSA) is 57.0 Å². The fraction of sp³-hybridized carbons (Fsp3) is 0.0625. The monoisotopic (exact) mass is 297 g/mol. The van der Waals surface area contributed by atoms with Gasteiger partial charge in [0.15, 0.2) is 12.0 Å². The van der Waals surface area contributed by atoms with Crippen LogP contribution in [0.25, 0.3) is 16.9 Å². The van der Waals surface area contributed by atoms with Crippen molar-refractivity contribution in [2.24, 2.45) is 0 Å². The summed E-state index contributed by atoms with van der Waals surface area (Å²) in [5.41, 5.74) is 2.04. The second-order valence-electron chi connectivity index (χ2n) is 4.56. The molecule has 5 nitrogen and oxygen atoms in total. The third kappa shape index (κ3) is 2.46. The summed E-state index contributed by atoms with van der Waals surface area (Å²) in [6.07, 6.45) is 0.627. The van der Waals surface area contributed by atoms with E-state index in [0.717, 1.165) is 0 Å². The first-order valence-electron chi connectivity index (χ1n) is 6.54. The van der Waals surface area contributed by atoms with Crippen molar-refractivity contribution < 1.29 is 13.9 Å². The van der Waals surface area contributed by atoms with Gasteiger partial charge in [-0.2, -0.15) is 0 Å². The summed E-state index contributed by atoms with van der Waals surface area (Å²) in [6, 6.07) is 13.0. The van der Waals surface area contributed by atoms with Crippen molar-refractivity contribution in [3.05, 3.63) is 60.0 Å². The number of carbonyl (C=O) groups excluding carboxylic acids is 1.